The molecule has 1 atom stereocenters. The van der Waals surface area contributed by atoms with Gasteiger partial charge in [-0.1, -0.05) is 6.07 Å². The summed E-state index contributed by atoms with van der Waals surface area (Å²) in [4.78, 5) is 1.28. The highest BCUT2D eigenvalue weighted by Gasteiger charge is 2.04. The predicted molar refractivity (Wildman–Crippen MR) is 80.7 cm³/mol. The normalized spacial score (nSPS) is 12.4. The maximum atomic E-state index is 8.79. The molecule has 1 aromatic rings. The van der Waals surface area contributed by atoms with Crippen molar-refractivity contribution in [3.63, 3.8) is 0 Å². The van der Waals surface area contributed by atoms with E-state index in [1.54, 1.807) is 0 Å². The van der Waals surface area contributed by atoms with E-state index in [4.69, 9.17) is 14.6 Å². The number of rotatable bonds is 9. The lowest BCUT2D eigenvalue weighted by atomic mass is 10.1. The molecule has 114 valence electrons. The van der Waals surface area contributed by atoms with Crippen LogP contribution in [-0.4, -0.2) is 51.7 Å². The smallest absolute Gasteiger partial charge is 0.122 e. The quantitative estimate of drug-likeness (QED) is 0.649. The molecule has 0 aliphatic heterocycles. The summed E-state index contributed by atoms with van der Waals surface area (Å²) in [6.07, 6.45) is 0. The number of hydrogen-bond acceptors (Lipinski definition) is 3. The first kappa shape index (κ1) is 17.0. The fraction of sp³-hybridized carbons (Fsp3) is 0.625. The largest absolute Gasteiger partial charge is 0.491 e. The molecule has 0 spiro atoms. The van der Waals surface area contributed by atoms with Crippen LogP contribution in [0.3, 0.4) is 0 Å². The topological polar surface area (TPSA) is 43.1 Å². The van der Waals surface area contributed by atoms with E-state index in [-0.39, 0.29) is 6.61 Å². The standard InChI is InChI=1S/C16H27NO3/c1-13-11-14(2)15(3)16(12-13)20-10-9-19-8-6-17(4)5-7-18/h11-12,18H,5-10H2,1-4H3/p+1. The molecule has 0 aromatic heterocycles. The van der Waals surface area contributed by atoms with E-state index in [1.807, 2.05) is 0 Å². The molecule has 2 N–H and O–H groups in total. The molecule has 0 radical (unpaired) electrons. The van der Waals surface area contributed by atoms with E-state index in [2.05, 4.69) is 40.0 Å². The molecule has 4 nitrogen and oxygen atoms in total. The minimum Gasteiger partial charge on any atom is -0.491 e. The van der Waals surface area contributed by atoms with Crippen molar-refractivity contribution < 1.29 is 19.5 Å². The van der Waals surface area contributed by atoms with Gasteiger partial charge in [-0.05, 0) is 43.5 Å². The number of aliphatic hydroxyl groups excluding tert-OH is 1. The van der Waals surface area contributed by atoms with Crippen LogP contribution in [-0.2, 0) is 4.74 Å². The molecule has 1 aromatic carbocycles. The van der Waals surface area contributed by atoms with Crippen molar-refractivity contribution in [3.05, 3.63) is 28.8 Å². The average Bonchev–Trinajstić information content (AvgIpc) is 2.39. The van der Waals surface area contributed by atoms with Crippen LogP contribution in [0.4, 0.5) is 0 Å². The third-order valence-corrected chi connectivity index (χ3v) is 3.46. The minimum atomic E-state index is 0.223. The number of likely N-dealkylation sites (N-methyl/N-ethyl adjacent to an activating group) is 1. The monoisotopic (exact) mass is 282 g/mol. The van der Waals surface area contributed by atoms with Gasteiger partial charge in [-0.3, -0.25) is 0 Å². The van der Waals surface area contributed by atoms with E-state index < -0.39 is 0 Å². The molecule has 0 amide bonds. The van der Waals surface area contributed by atoms with E-state index in [1.165, 1.54) is 21.6 Å². The van der Waals surface area contributed by atoms with Gasteiger partial charge < -0.3 is 19.5 Å². The van der Waals surface area contributed by atoms with Crippen LogP contribution in [0.1, 0.15) is 16.7 Å². The molecule has 1 rings (SSSR count). The summed E-state index contributed by atoms with van der Waals surface area (Å²) in [5, 5.41) is 8.79. The lowest BCUT2D eigenvalue weighted by Crippen LogP contribution is -3.10. The van der Waals surface area contributed by atoms with Gasteiger partial charge in [-0.2, -0.15) is 0 Å². The van der Waals surface area contributed by atoms with Crippen molar-refractivity contribution in [2.24, 2.45) is 0 Å². The predicted octanol–water partition coefficient (Wildman–Crippen LogP) is 0.514. The highest BCUT2D eigenvalue weighted by Crippen LogP contribution is 2.23. The Hall–Kier alpha value is -1.10. The zero-order valence-corrected chi connectivity index (χ0v) is 13.2. The van der Waals surface area contributed by atoms with Gasteiger partial charge in [-0.15, -0.1) is 0 Å². The van der Waals surface area contributed by atoms with Crippen LogP contribution < -0.4 is 9.64 Å². The fourth-order valence-corrected chi connectivity index (χ4v) is 2.03. The number of benzene rings is 1. The Kier molecular flexibility index (Phi) is 7.59. The number of aryl methyl sites for hydroxylation is 2. The van der Waals surface area contributed by atoms with Crippen molar-refractivity contribution in [2.45, 2.75) is 20.8 Å². The number of quaternary nitrogens is 1. The lowest BCUT2D eigenvalue weighted by molar-refractivity contribution is -0.880. The molecule has 20 heavy (non-hydrogen) atoms. The first-order chi connectivity index (χ1) is 9.54. The van der Waals surface area contributed by atoms with Crippen molar-refractivity contribution in [1.29, 1.82) is 0 Å². The summed E-state index contributed by atoms with van der Waals surface area (Å²) in [5.41, 5.74) is 3.68. The minimum absolute atomic E-state index is 0.223. The molecule has 0 fully saturated rings. The van der Waals surface area contributed by atoms with Crippen molar-refractivity contribution >= 4 is 0 Å². The summed E-state index contributed by atoms with van der Waals surface area (Å²) < 4.78 is 11.3. The molecule has 0 aliphatic carbocycles. The third-order valence-electron chi connectivity index (χ3n) is 3.46. The molecular weight excluding hydrogens is 254 g/mol. The first-order valence-corrected chi connectivity index (χ1v) is 7.25. The van der Waals surface area contributed by atoms with Crippen LogP contribution >= 0.6 is 0 Å². The highest BCUT2D eigenvalue weighted by atomic mass is 16.5. The van der Waals surface area contributed by atoms with E-state index in [0.29, 0.717) is 19.8 Å². The van der Waals surface area contributed by atoms with E-state index >= 15 is 0 Å². The molecular formula is C16H28NO3+. The van der Waals surface area contributed by atoms with Crippen molar-refractivity contribution in [2.75, 3.05) is 46.6 Å². The molecule has 4 heteroatoms. The van der Waals surface area contributed by atoms with Crippen molar-refractivity contribution in [1.82, 2.24) is 0 Å². The molecule has 0 saturated carbocycles. The van der Waals surface area contributed by atoms with Gasteiger partial charge in [0.2, 0.25) is 0 Å². The van der Waals surface area contributed by atoms with Crippen molar-refractivity contribution in [3.8, 4) is 5.75 Å². The zero-order valence-electron chi connectivity index (χ0n) is 13.2. The highest BCUT2D eigenvalue weighted by molar-refractivity contribution is 5.41. The van der Waals surface area contributed by atoms with Gasteiger partial charge in [0.25, 0.3) is 0 Å². The fourth-order valence-electron chi connectivity index (χ4n) is 2.03. The van der Waals surface area contributed by atoms with Crippen LogP contribution in [0, 0.1) is 20.8 Å². The lowest BCUT2D eigenvalue weighted by Gasteiger charge is -2.14. The van der Waals surface area contributed by atoms with Crippen LogP contribution in [0.2, 0.25) is 0 Å². The molecule has 0 heterocycles. The maximum absolute atomic E-state index is 8.79. The van der Waals surface area contributed by atoms with Gasteiger partial charge in [0.1, 0.15) is 25.4 Å². The second kappa shape index (κ2) is 8.95. The van der Waals surface area contributed by atoms with Crippen LogP contribution in [0.25, 0.3) is 0 Å². The summed E-state index contributed by atoms with van der Waals surface area (Å²) in [6.45, 7) is 10.0. The Morgan fingerprint density at radius 3 is 2.50 bits per heavy atom. The Balaban J connectivity index is 2.22. The molecule has 0 saturated heterocycles. The number of ether oxygens (including phenoxy) is 2. The Morgan fingerprint density at radius 1 is 1.05 bits per heavy atom. The van der Waals surface area contributed by atoms with E-state index in [0.717, 1.165) is 18.8 Å². The zero-order chi connectivity index (χ0) is 15.0. The Labute approximate surface area is 122 Å². The van der Waals surface area contributed by atoms with Crippen LogP contribution in [0.5, 0.6) is 5.75 Å². The number of aliphatic hydroxyl groups is 1. The maximum Gasteiger partial charge on any atom is 0.122 e. The van der Waals surface area contributed by atoms with Gasteiger partial charge in [-0.25, -0.2) is 0 Å². The number of hydrogen-bond donors (Lipinski definition) is 2. The van der Waals surface area contributed by atoms with Gasteiger partial charge in [0.05, 0.1) is 26.9 Å². The van der Waals surface area contributed by atoms with Gasteiger partial charge in [0.15, 0.2) is 0 Å². The van der Waals surface area contributed by atoms with Crippen LogP contribution in [0.15, 0.2) is 12.1 Å². The second-order valence-electron chi connectivity index (χ2n) is 5.35. The molecule has 1 unspecified atom stereocenters. The Morgan fingerprint density at radius 2 is 1.80 bits per heavy atom. The summed E-state index contributed by atoms with van der Waals surface area (Å²) >= 11 is 0. The Bertz CT molecular complexity index is 407. The van der Waals surface area contributed by atoms with E-state index in [9.17, 15) is 0 Å². The average molecular weight is 282 g/mol. The number of nitrogens with one attached hydrogen (secondary N) is 1. The second-order valence-corrected chi connectivity index (χ2v) is 5.35. The third kappa shape index (κ3) is 5.90. The first-order valence-electron chi connectivity index (χ1n) is 7.25. The van der Waals surface area contributed by atoms with Gasteiger partial charge >= 0.3 is 0 Å². The van der Waals surface area contributed by atoms with Gasteiger partial charge in [0, 0.05) is 0 Å². The molecule has 0 bridgehead atoms. The summed E-state index contributed by atoms with van der Waals surface area (Å²) in [6, 6.07) is 4.24. The SMILES string of the molecule is Cc1cc(C)c(C)c(OCCOCC[NH+](C)CCO)c1. The summed E-state index contributed by atoms with van der Waals surface area (Å²) in [5.74, 6) is 0.953. The molecule has 0 aliphatic rings. The summed E-state index contributed by atoms with van der Waals surface area (Å²) in [7, 11) is 2.05.